The summed E-state index contributed by atoms with van der Waals surface area (Å²) < 4.78 is 10.5. The zero-order chi connectivity index (χ0) is 20.3. The maximum atomic E-state index is 12.2. The molecule has 0 saturated carbocycles. The van der Waals surface area contributed by atoms with E-state index in [2.05, 4.69) is 10.6 Å². The smallest absolute Gasteiger partial charge is 0.244 e. The van der Waals surface area contributed by atoms with E-state index < -0.39 is 0 Å². The summed E-state index contributed by atoms with van der Waals surface area (Å²) in [7, 11) is 0. The van der Waals surface area contributed by atoms with E-state index in [1.807, 2.05) is 32.9 Å². The zero-order valence-electron chi connectivity index (χ0n) is 15.9. The van der Waals surface area contributed by atoms with Crippen molar-refractivity contribution in [3.63, 3.8) is 0 Å². The van der Waals surface area contributed by atoms with Crippen LogP contribution in [0.1, 0.15) is 22.3 Å². The highest BCUT2D eigenvalue weighted by molar-refractivity contribution is 6.32. The largest absolute Gasteiger partial charge is 0.454 e. The van der Waals surface area contributed by atoms with Crippen LogP contribution in [0.4, 0.5) is 5.69 Å². The number of carbonyl (C=O) groups excluding carboxylic acids is 2. The molecule has 2 amide bonds. The van der Waals surface area contributed by atoms with E-state index in [1.165, 1.54) is 6.08 Å². The van der Waals surface area contributed by atoms with Crippen LogP contribution < -0.4 is 20.1 Å². The van der Waals surface area contributed by atoms with E-state index in [4.69, 9.17) is 21.1 Å². The van der Waals surface area contributed by atoms with Crippen molar-refractivity contribution in [1.82, 2.24) is 5.32 Å². The Bertz CT molecular complexity index is 946. The molecule has 7 heteroatoms. The van der Waals surface area contributed by atoms with Crippen LogP contribution in [0.5, 0.6) is 11.5 Å². The number of benzene rings is 2. The van der Waals surface area contributed by atoms with Gasteiger partial charge in [-0.05, 0) is 55.7 Å². The molecule has 2 aromatic carbocycles. The van der Waals surface area contributed by atoms with Crippen molar-refractivity contribution >= 4 is 35.2 Å². The molecule has 6 nitrogen and oxygen atoms in total. The molecule has 2 N–H and O–H groups in total. The van der Waals surface area contributed by atoms with E-state index in [1.54, 1.807) is 18.2 Å². The molecule has 0 radical (unpaired) electrons. The summed E-state index contributed by atoms with van der Waals surface area (Å²) in [5.74, 6) is 0.363. The molecule has 3 rings (SSSR count). The Morgan fingerprint density at radius 3 is 2.54 bits per heavy atom. The zero-order valence-corrected chi connectivity index (χ0v) is 16.6. The molecule has 28 heavy (non-hydrogen) atoms. The van der Waals surface area contributed by atoms with E-state index in [9.17, 15) is 9.59 Å². The molecular weight excluding hydrogens is 380 g/mol. The molecule has 0 aliphatic carbocycles. The first-order valence-electron chi connectivity index (χ1n) is 8.76. The van der Waals surface area contributed by atoms with Crippen molar-refractivity contribution in [1.29, 1.82) is 0 Å². The SMILES string of the molecule is Cc1cc(C)c(NC(=O)CNC(=O)/C=C/c2cc(Cl)c3c(c2)OCO3)c(C)c1. The number of fused-ring (bicyclic) bond motifs is 1. The molecule has 0 fully saturated rings. The Morgan fingerprint density at radius 1 is 1.11 bits per heavy atom. The summed E-state index contributed by atoms with van der Waals surface area (Å²) in [4.78, 5) is 24.2. The summed E-state index contributed by atoms with van der Waals surface area (Å²) in [5, 5.41) is 5.82. The van der Waals surface area contributed by atoms with Gasteiger partial charge in [0, 0.05) is 11.8 Å². The average Bonchev–Trinajstić information content (AvgIpc) is 3.10. The quantitative estimate of drug-likeness (QED) is 0.749. The molecular formula is C21H21ClN2O4. The number of amides is 2. The van der Waals surface area contributed by atoms with Crippen LogP contribution in [0.2, 0.25) is 5.02 Å². The van der Waals surface area contributed by atoms with Gasteiger partial charge >= 0.3 is 0 Å². The van der Waals surface area contributed by atoms with E-state index in [0.29, 0.717) is 22.1 Å². The van der Waals surface area contributed by atoms with Crippen LogP contribution in [0, 0.1) is 20.8 Å². The highest BCUT2D eigenvalue weighted by atomic mass is 35.5. The summed E-state index contributed by atoms with van der Waals surface area (Å²) in [6.07, 6.45) is 2.93. The van der Waals surface area contributed by atoms with Gasteiger partial charge in [-0.3, -0.25) is 9.59 Å². The topological polar surface area (TPSA) is 76.7 Å². The maximum Gasteiger partial charge on any atom is 0.244 e. The van der Waals surface area contributed by atoms with Crippen LogP contribution >= 0.6 is 11.6 Å². The molecule has 1 heterocycles. The number of nitrogens with one attached hydrogen (secondary N) is 2. The van der Waals surface area contributed by atoms with Gasteiger partial charge in [-0.25, -0.2) is 0 Å². The normalized spacial score (nSPS) is 12.3. The lowest BCUT2D eigenvalue weighted by molar-refractivity contribution is -0.121. The van der Waals surface area contributed by atoms with Crippen LogP contribution in [0.3, 0.4) is 0 Å². The first kappa shape index (κ1) is 19.8. The number of rotatable bonds is 5. The van der Waals surface area contributed by atoms with Gasteiger partial charge in [-0.2, -0.15) is 0 Å². The molecule has 0 spiro atoms. The summed E-state index contributed by atoms with van der Waals surface area (Å²) >= 11 is 6.11. The molecule has 0 saturated heterocycles. The predicted molar refractivity (Wildman–Crippen MR) is 109 cm³/mol. The van der Waals surface area contributed by atoms with E-state index in [0.717, 1.165) is 22.4 Å². The Labute approximate surface area is 168 Å². The van der Waals surface area contributed by atoms with Gasteiger partial charge in [0.15, 0.2) is 11.5 Å². The Morgan fingerprint density at radius 2 is 1.82 bits per heavy atom. The van der Waals surface area contributed by atoms with Crippen LogP contribution in [-0.2, 0) is 9.59 Å². The van der Waals surface area contributed by atoms with Crippen molar-refractivity contribution < 1.29 is 19.1 Å². The lowest BCUT2D eigenvalue weighted by Crippen LogP contribution is -2.32. The third-order valence-electron chi connectivity index (χ3n) is 4.24. The molecule has 2 aromatic rings. The molecule has 146 valence electrons. The van der Waals surface area contributed by atoms with E-state index in [-0.39, 0.29) is 25.2 Å². The van der Waals surface area contributed by atoms with Crippen LogP contribution in [0.25, 0.3) is 6.08 Å². The first-order valence-corrected chi connectivity index (χ1v) is 9.14. The summed E-state index contributed by atoms with van der Waals surface area (Å²) in [6, 6.07) is 7.41. The third-order valence-corrected chi connectivity index (χ3v) is 4.52. The van der Waals surface area contributed by atoms with Crippen molar-refractivity contribution in [2.75, 3.05) is 18.7 Å². The van der Waals surface area contributed by atoms with Gasteiger partial charge in [-0.15, -0.1) is 0 Å². The van der Waals surface area contributed by atoms with Crippen LogP contribution in [-0.4, -0.2) is 25.2 Å². The summed E-state index contributed by atoms with van der Waals surface area (Å²) in [5.41, 5.74) is 4.57. The van der Waals surface area contributed by atoms with Crippen molar-refractivity contribution in [2.24, 2.45) is 0 Å². The number of ether oxygens (including phenoxy) is 2. The number of anilines is 1. The molecule has 1 aliphatic rings. The first-order chi connectivity index (χ1) is 13.3. The number of aryl methyl sites for hydroxylation is 3. The molecule has 0 atom stereocenters. The van der Waals surface area contributed by atoms with Gasteiger partial charge < -0.3 is 20.1 Å². The lowest BCUT2D eigenvalue weighted by atomic mass is 10.1. The van der Waals surface area contributed by atoms with Gasteiger partial charge in [0.1, 0.15) is 0 Å². The minimum atomic E-state index is -0.388. The molecule has 0 unspecified atom stereocenters. The second-order valence-corrected chi connectivity index (χ2v) is 7.02. The Hall–Kier alpha value is -2.99. The van der Waals surface area contributed by atoms with Gasteiger partial charge in [0.2, 0.25) is 18.6 Å². The van der Waals surface area contributed by atoms with Gasteiger partial charge in [0.05, 0.1) is 11.6 Å². The van der Waals surface area contributed by atoms with E-state index >= 15 is 0 Å². The monoisotopic (exact) mass is 400 g/mol. The minimum Gasteiger partial charge on any atom is -0.454 e. The number of hydrogen-bond donors (Lipinski definition) is 2. The Balaban J connectivity index is 1.55. The average molecular weight is 401 g/mol. The second-order valence-electron chi connectivity index (χ2n) is 6.61. The van der Waals surface area contributed by atoms with Crippen molar-refractivity contribution in [3.05, 3.63) is 57.6 Å². The van der Waals surface area contributed by atoms with Crippen molar-refractivity contribution in [2.45, 2.75) is 20.8 Å². The number of carbonyl (C=O) groups is 2. The maximum absolute atomic E-state index is 12.2. The fraction of sp³-hybridized carbons (Fsp3) is 0.238. The third kappa shape index (κ3) is 4.64. The number of halogens is 1. The summed E-state index contributed by atoms with van der Waals surface area (Å²) in [6.45, 7) is 5.88. The fourth-order valence-corrected chi connectivity index (χ4v) is 3.32. The van der Waals surface area contributed by atoms with Crippen molar-refractivity contribution in [3.8, 4) is 11.5 Å². The number of hydrogen-bond acceptors (Lipinski definition) is 4. The predicted octanol–water partition coefficient (Wildman–Crippen LogP) is 3.76. The second kappa shape index (κ2) is 8.35. The van der Waals surface area contributed by atoms with Gasteiger partial charge in [0.25, 0.3) is 0 Å². The fourth-order valence-electron chi connectivity index (χ4n) is 3.04. The molecule has 0 aromatic heterocycles. The van der Waals surface area contributed by atoms with Gasteiger partial charge in [-0.1, -0.05) is 29.3 Å². The minimum absolute atomic E-state index is 0.123. The highest BCUT2D eigenvalue weighted by Crippen LogP contribution is 2.40. The highest BCUT2D eigenvalue weighted by Gasteiger charge is 2.17. The lowest BCUT2D eigenvalue weighted by Gasteiger charge is -2.13. The Kier molecular flexibility index (Phi) is 5.90. The van der Waals surface area contributed by atoms with Crippen LogP contribution in [0.15, 0.2) is 30.3 Å². The standard InChI is InChI=1S/C21H21ClN2O4/c1-12-6-13(2)20(14(3)7-12)24-19(26)10-23-18(25)5-4-15-8-16(22)21-17(9-15)27-11-28-21/h4-9H,10-11H2,1-3H3,(H,23,25)(H,24,26)/b5-4+. The molecule has 0 bridgehead atoms. The molecule has 1 aliphatic heterocycles.